The lowest BCUT2D eigenvalue weighted by atomic mass is 10.2. The van der Waals surface area contributed by atoms with Crippen molar-refractivity contribution in [2.45, 2.75) is 13.8 Å². The first-order valence-corrected chi connectivity index (χ1v) is 6.21. The van der Waals surface area contributed by atoms with E-state index in [0.717, 1.165) is 9.75 Å². The van der Waals surface area contributed by atoms with Crippen LogP contribution in [0.3, 0.4) is 0 Å². The maximum absolute atomic E-state index is 11.9. The van der Waals surface area contributed by atoms with E-state index in [4.69, 9.17) is 10.00 Å². The van der Waals surface area contributed by atoms with Gasteiger partial charge in [0.1, 0.15) is 5.75 Å². The van der Waals surface area contributed by atoms with Crippen molar-refractivity contribution in [3.63, 3.8) is 0 Å². The lowest BCUT2D eigenvalue weighted by Gasteiger charge is -2.03. The first-order chi connectivity index (χ1) is 8.60. The summed E-state index contributed by atoms with van der Waals surface area (Å²) >= 11 is 1.57. The average Bonchev–Trinajstić information content (AvgIpc) is 2.69. The molecule has 0 aliphatic carbocycles. The third kappa shape index (κ3) is 2.58. The van der Waals surface area contributed by atoms with E-state index >= 15 is 0 Å². The quantitative estimate of drug-likeness (QED) is 0.611. The highest BCUT2D eigenvalue weighted by Gasteiger charge is 2.14. The van der Waals surface area contributed by atoms with Crippen LogP contribution in [0.1, 0.15) is 25.7 Å². The molecule has 0 N–H and O–H groups in total. The maximum Gasteiger partial charge on any atom is 0.344 e. The second kappa shape index (κ2) is 5.03. The number of benzene rings is 1. The lowest BCUT2D eigenvalue weighted by Crippen LogP contribution is -2.08. The molecule has 0 saturated carbocycles. The Morgan fingerprint density at radius 1 is 1.28 bits per heavy atom. The fraction of sp³-hybridized carbons (Fsp3) is 0.143. The van der Waals surface area contributed by atoms with Crippen LogP contribution >= 0.6 is 11.3 Å². The van der Waals surface area contributed by atoms with Gasteiger partial charge in [-0.15, -0.1) is 11.3 Å². The Morgan fingerprint density at radius 2 is 1.94 bits per heavy atom. The third-order valence-corrected chi connectivity index (χ3v) is 3.42. The van der Waals surface area contributed by atoms with Gasteiger partial charge < -0.3 is 4.74 Å². The van der Waals surface area contributed by atoms with E-state index < -0.39 is 0 Å². The number of esters is 1. The van der Waals surface area contributed by atoms with E-state index in [1.165, 1.54) is 0 Å². The molecule has 0 bridgehead atoms. The van der Waals surface area contributed by atoms with Crippen LogP contribution in [-0.4, -0.2) is 5.97 Å². The third-order valence-electron chi connectivity index (χ3n) is 2.45. The normalized spacial score (nSPS) is 9.83. The number of aryl methyl sites for hydroxylation is 2. The van der Waals surface area contributed by atoms with E-state index in [2.05, 4.69) is 0 Å². The monoisotopic (exact) mass is 257 g/mol. The molecule has 1 heterocycles. The van der Waals surface area contributed by atoms with Gasteiger partial charge in [-0.05, 0) is 44.2 Å². The number of thiophene rings is 1. The predicted octanol–water partition coefficient (Wildman–Crippen LogP) is 3.46. The first-order valence-electron chi connectivity index (χ1n) is 5.39. The minimum atomic E-state index is -0.360. The summed E-state index contributed by atoms with van der Waals surface area (Å²) in [6.07, 6.45) is 0. The van der Waals surface area contributed by atoms with E-state index in [9.17, 15) is 4.79 Å². The Hall–Kier alpha value is -2.12. The van der Waals surface area contributed by atoms with Crippen molar-refractivity contribution in [3.05, 3.63) is 51.2 Å². The molecule has 0 radical (unpaired) electrons. The lowest BCUT2D eigenvalue weighted by molar-refractivity contribution is 0.0734. The summed E-state index contributed by atoms with van der Waals surface area (Å²) in [5, 5.41) is 8.67. The molecule has 3 nitrogen and oxygen atoms in total. The Morgan fingerprint density at radius 3 is 2.44 bits per heavy atom. The Kier molecular flexibility index (Phi) is 3.45. The van der Waals surface area contributed by atoms with Crippen molar-refractivity contribution in [2.24, 2.45) is 0 Å². The highest BCUT2D eigenvalue weighted by atomic mass is 32.1. The molecule has 1 aromatic heterocycles. The summed E-state index contributed by atoms with van der Waals surface area (Å²) in [6.45, 7) is 3.85. The summed E-state index contributed by atoms with van der Waals surface area (Å²) in [5.74, 6) is 0.0869. The van der Waals surface area contributed by atoms with Gasteiger partial charge >= 0.3 is 5.97 Å². The Bertz CT molecular complexity index is 620. The molecule has 0 aliphatic rings. The van der Waals surface area contributed by atoms with Crippen LogP contribution in [0, 0.1) is 25.2 Å². The molecular formula is C14H11NO2S. The summed E-state index contributed by atoms with van der Waals surface area (Å²) < 4.78 is 5.25. The zero-order valence-corrected chi connectivity index (χ0v) is 10.9. The summed E-state index contributed by atoms with van der Waals surface area (Å²) in [6, 6.07) is 10.3. The number of carbonyl (C=O) groups excluding carboxylic acids is 1. The molecule has 0 fully saturated rings. The van der Waals surface area contributed by atoms with E-state index in [-0.39, 0.29) is 5.97 Å². The number of nitriles is 1. The second-order valence-electron chi connectivity index (χ2n) is 3.85. The van der Waals surface area contributed by atoms with E-state index in [1.807, 2.05) is 26.0 Å². The molecule has 0 spiro atoms. The van der Waals surface area contributed by atoms with Gasteiger partial charge in [-0.2, -0.15) is 5.26 Å². The maximum atomic E-state index is 11.9. The summed E-state index contributed by atoms with van der Waals surface area (Å²) in [7, 11) is 0. The molecule has 0 atom stereocenters. The molecule has 2 rings (SSSR count). The number of hydrogen-bond acceptors (Lipinski definition) is 4. The van der Waals surface area contributed by atoms with Crippen LogP contribution in [0.25, 0.3) is 0 Å². The van der Waals surface area contributed by atoms with Crippen molar-refractivity contribution in [3.8, 4) is 11.8 Å². The molecule has 0 unspecified atom stereocenters. The second-order valence-corrected chi connectivity index (χ2v) is 5.31. The molecule has 4 heteroatoms. The van der Waals surface area contributed by atoms with Crippen LogP contribution in [0.5, 0.6) is 5.75 Å². The fourth-order valence-electron chi connectivity index (χ4n) is 1.59. The molecule has 0 amide bonds. The van der Waals surface area contributed by atoms with Crippen molar-refractivity contribution in [2.75, 3.05) is 0 Å². The van der Waals surface area contributed by atoms with Crippen LogP contribution in [0.2, 0.25) is 0 Å². The molecule has 1 aromatic carbocycles. The molecule has 0 saturated heterocycles. The number of hydrogen-bond donors (Lipinski definition) is 0. The van der Waals surface area contributed by atoms with Gasteiger partial charge in [0.05, 0.1) is 17.2 Å². The van der Waals surface area contributed by atoms with Gasteiger partial charge in [0.2, 0.25) is 0 Å². The Balaban J connectivity index is 2.16. The van der Waals surface area contributed by atoms with Gasteiger partial charge in [0, 0.05) is 9.75 Å². The van der Waals surface area contributed by atoms with Gasteiger partial charge in [0.15, 0.2) is 0 Å². The van der Waals surface area contributed by atoms with E-state index in [0.29, 0.717) is 16.9 Å². The standard InChI is InChI=1S/C14H11NO2S/c1-9-7-13(10(2)18-9)14(16)17-12-5-3-11(8-15)4-6-12/h3-7H,1-2H3. The van der Waals surface area contributed by atoms with Crippen molar-refractivity contribution in [1.29, 1.82) is 5.26 Å². The van der Waals surface area contributed by atoms with Gasteiger partial charge in [-0.3, -0.25) is 0 Å². The van der Waals surface area contributed by atoms with Crippen LogP contribution in [0.15, 0.2) is 30.3 Å². The van der Waals surface area contributed by atoms with Gasteiger partial charge in [0.25, 0.3) is 0 Å². The fourth-order valence-corrected chi connectivity index (χ4v) is 2.50. The Labute approximate surface area is 109 Å². The van der Waals surface area contributed by atoms with Crippen molar-refractivity contribution in [1.82, 2.24) is 0 Å². The highest BCUT2D eigenvalue weighted by Crippen LogP contribution is 2.22. The zero-order valence-electron chi connectivity index (χ0n) is 10.1. The largest absolute Gasteiger partial charge is 0.423 e. The number of carbonyl (C=O) groups is 1. The van der Waals surface area contributed by atoms with Crippen LogP contribution in [0.4, 0.5) is 0 Å². The first kappa shape index (κ1) is 12.3. The zero-order chi connectivity index (χ0) is 13.1. The smallest absolute Gasteiger partial charge is 0.344 e. The minimum Gasteiger partial charge on any atom is -0.423 e. The van der Waals surface area contributed by atoms with Gasteiger partial charge in [-0.1, -0.05) is 0 Å². The van der Waals surface area contributed by atoms with Crippen LogP contribution < -0.4 is 4.74 Å². The molecule has 2 aromatic rings. The van der Waals surface area contributed by atoms with Gasteiger partial charge in [-0.25, -0.2) is 4.79 Å². The SMILES string of the molecule is Cc1cc(C(=O)Oc2ccc(C#N)cc2)c(C)s1. The molecule has 90 valence electrons. The van der Waals surface area contributed by atoms with Crippen molar-refractivity contribution < 1.29 is 9.53 Å². The number of nitrogens with zero attached hydrogens (tertiary/aromatic N) is 1. The predicted molar refractivity (Wildman–Crippen MR) is 69.9 cm³/mol. The topological polar surface area (TPSA) is 50.1 Å². The summed E-state index contributed by atoms with van der Waals surface area (Å²) in [5.41, 5.74) is 1.14. The number of rotatable bonds is 2. The minimum absolute atomic E-state index is 0.360. The van der Waals surface area contributed by atoms with E-state index in [1.54, 1.807) is 35.6 Å². The van der Waals surface area contributed by atoms with Crippen LogP contribution in [-0.2, 0) is 0 Å². The molecule has 18 heavy (non-hydrogen) atoms. The molecular weight excluding hydrogens is 246 g/mol. The molecule has 0 aliphatic heterocycles. The average molecular weight is 257 g/mol. The van der Waals surface area contributed by atoms with Crippen molar-refractivity contribution >= 4 is 17.3 Å². The number of ether oxygens (including phenoxy) is 1. The highest BCUT2D eigenvalue weighted by molar-refractivity contribution is 7.12. The summed E-state index contributed by atoms with van der Waals surface area (Å²) in [4.78, 5) is 14.0.